The quantitative estimate of drug-likeness (QED) is 0.865. The number of amides is 1. The van der Waals surface area contributed by atoms with Crippen LogP contribution in [-0.2, 0) is 21.4 Å². The molecule has 0 radical (unpaired) electrons. The van der Waals surface area contributed by atoms with Gasteiger partial charge in [-0.2, -0.15) is 9.40 Å². The summed E-state index contributed by atoms with van der Waals surface area (Å²) in [6.45, 7) is 1.04. The molecule has 8 heteroatoms. The fraction of sp³-hybridized carbons (Fsp3) is 0.375. The average Bonchev–Trinajstić information content (AvgIpc) is 3.05. The van der Waals surface area contributed by atoms with Crippen molar-refractivity contribution in [1.82, 2.24) is 14.1 Å². The monoisotopic (exact) mass is 348 g/mol. The number of nitrogens with two attached hydrogens (primary N) is 1. The molecule has 1 aromatic heterocycles. The van der Waals surface area contributed by atoms with Crippen LogP contribution in [0.15, 0.2) is 47.6 Å². The number of nitrogens with zero attached hydrogens (tertiary/aromatic N) is 3. The Bertz CT molecular complexity index is 817. The predicted molar refractivity (Wildman–Crippen MR) is 88.4 cm³/mol. The van der Waals surface area contributed by atoms with Crippen LogP contribution in [0, 0.1) is 5.92 Å². The minimum atomic E-state index is -3.66. The van der Waals surface area contributed by atoms with Crippen LogP contribution in [0.2, 0.25) is 0 Å². The predicted octanol–water partition coefficient (Wildman–Crippen LogP) is 0.817. The molecule has 2 N–H and O–H groups in total. The van der Waals surface area contributed by atoms with Gasteiger partial charge in [-0.15, -0.1) is 0 Å². The smallest absolute Gasteiger partial charge is 0.246 e. The van der Waals surface area contributed by atoms with Gasteiger partial charge >= 0.3 is 0 Å². The van der Waals surface area contributed by atoms with Gasteiger partial charge in [0.05, 0.1) is 18.7 Å². The maximum atomic E-state index is 12.7. The Labute approximate surface area is 141 Å². The topological polar surface area (TPSA) is 98.3 Å². The van der Waals surface area contributed by atoms with E-state index in [-0.39, 0.29) is 11.4 Å². The highest BCUT2D eigenvalue weighted by molar-refractivity contribution is 7.89. The lowest BCUT2D eigenvalue weighted by molar-refractivity contribution is -0.122. The Morgan fingerprint density at radius 3 is 2.75 bits per heavy atom. The fourth-order valence-electron chi connectivity index (χ4n) is 2.88. The molecular formula is C16H20N4O3S. The second kappa shape index (κ2) is 6.74. The minimum absolute atomic E-state index is 0.140. The molecule has 1 atom stereocenters. The Balaban J connectivity index is 1.77. The molecule has 2 heterocycles. The van der Waals surface area contributed by atoms with E-state index in [1.807, 2.05) is 30.3 Å². The van der Waals surface area contributed by atoms with Gasteiger partial charge in [-0.05, 0) is 18.4 Å². The fourth-order valence-corrected chi connectivity index (χ4v) is 4.36. The molecule has 0 aliphatic carbocycles. The van der Waals surface area contributed by atoms with Gasteiger partial charge in [0.25, 0.3) is 0 Å². The van der Waals surface area contributed by atoms with Crippen LogP contribution in [0.4, 0.5) is 0 Å². The molecule has 0 saturated carbocycles. The molecule has 1 aliphatic rings. The molecule has 7 nitrogen and oxygen atoms in total. The number of hydrogen-bond donors (Lipinski definition) is 1. The van der Waals surface area contributed by atoms with Gasteiger partial charge in [-0.1, -0.05) is 30.3 Å². The third kappa shape index (κ3) is 3.49. The SMILES string of the molecule is NC(=O)C1CCCN(S(=O)(=O)c2cnn(Cc3ccccc3)c2)C1. The van der Waals surface area contributed by atoms with Gasteiger partial charge in [-0.25, -0.2) is 8.42 Å². The largest absolute Gasteiger partial charge is 0.369 e. The van der Waals surface area contributed by atoms with Gasteiger partial charge in [0.2, 0.25) is 15.9 Å². The van der Waals surface area contributed by atoms with Crippen LogP contribution in [0.3, 0.4) is 0 Å². The van der Waals surface area contributed by atoms with Crippen LogP contribution in [0.1, 0.15) is 18.4 Å². The second-order valence-corrected chi connectivity index (χ2v) is 7.90. The van der Waals surface area contributed by atoms with Gasteiger partial charge < -0.3 is 5.73 Å². The highest BCUT2D eigenvalue weighted by Crippen LogP contribution is 2.23. The number of carbonyl (C=O) groups excluding carboxylic acids is 1. The molecule has 1 saturated heterocycles. The molecule has 1 fully saturated rings. The van der Waals surface area contributed by atoms with E-state index in [0.29, 0.717) is 25.9 Å². The number of hydrogen-bond acceptors (Lipinski definition) is 4. The summed E-state index contributed by atoms with van der Waals surface area (Å²) in [6, 6.07) is 9.69. The standard InChI is InChI=1S/C16H20N4O3S/c17-16(21)14-7-4-8-20(11-14)24(22,23)15-9-18-19(12-15)10-13-5-2-1-3-6-13/h1-3,5-6,9,12,14H,4,7-8,10-11H2,(H2,17,21). The Morgan fingerprint density at radius 1 is 1.29 bits per heavy atom. The van der Waals surface area contributed by atoms with Crippen molar-refractivity contribution in [1.29, 1.82) is 0 Å². The normalized spacial score (nSPS) is 19.2. The first-order valence-electron chi connectivity index (χ1n) is 7.82. The number of piperidine rings is 1. The molecule has 1 aliphatic heterocycles. The van der Waals surface area contributed by atoms with Crippen LogP contribution in [0.5, 0.6) is 0 Å². The zero-order valence-electron chi connectivity index (χ0n) is 13.2. The number of primary amides is 1. The summed E-state index contributed by atoms with van der Waals surface area (Å²) in [7, 11) is -3.66. The first-order chi connectivity index (χ1) is 11.5. The summed E-state index contributed by atoms with van der Waals surface area (Å²) in [6.07, 6.45) is 4.14. The molecule has 24 heavy (non-hydrogen) atoms. The summed E-state index contributed by atoms with van der Waals surface area (Å²) in [5, 5.41) is 4.15. The van der Waals surface area contributed by atoms with Crippen LogP contribution >= 0.6 is 0 Å². The van der Waals surface area contributed by atoms with Crippen molar-refractivity contribution in [3.8, 4) is 0 Å². The van der Waals surface area contributed by atoms with E-state index in [4.69, 9.17) is 5.73 Å². The van der Waals surface area contributed by atoms with Crippen molar-refractivity contribution in [2.24, 2.45) is 11.7 Å². The van der Waals surface area contributed by atoms with Gasteiger partial charge in [0, 0.05) is 19.3 Å². The Morgan fingerprint density at radius 2 is 2.04 bits per heavy atom. The molecule has 0 bridgehead atoms. The van der Waals surface area contributed by atoms with Gasteiger partial charge in [0.1, 0.15) is 4.90 Å². The molecule has 1 unspecified atom stereocenters. The number of sulfonamides is 1. The summed E-state index contributed by atoms with van der Waals surface area (Å²) in [4.78, 5) is 11.5. The van der Waals surface area contributed by atoms with E-state index in [1.165, 1.54) is 16.7 Å². The summed E-state index contributed by atoms with van der Waals surface area (Å²) in [5.74, 6) is -0.873. The first kappa shape index (κ1) is 16.7. The highest BCUT2D eigenvalue weighted by Gasteiger charge is 2.33. The third-order valence-corrected chi connectivity index (χ3v) is 6.04. The third-order valence-electron chi connectivity index (χ3n) is 4.22. The van der Waals surface area contributed by atoms with E-state index in [2.05, 4.69) is 5.10 Å². The van der Waals surface area contributed by atoms with Crippen LogP contribution < -0.4 is 5.73 Å². The second-order valence-electron chi connectivity index (χ2n) is 5.96. The summed E-state index contributed by atoms with van der Waals surface area (Å²) < 4.78 is 28.4. The zero-order chi connectivity index (χ0) is 17.2. The first-order valence-corrected chi connectivity index (χ1v) is 9.26. The molecule has 1 amide bonds. The van der Waals surface area contributed by atoms with E-state index >= 15 is 0 Å². The minimum Gasteiger partial charge on any atom is -0.369 e. The van der Waals surface area contributed by atoms with E-state index < -0.39 is 21.8 Å². The molecule has 128 valence electrons. The molecule has 1 aromatic carbocycles. The number of rotatable bonds is 5. The maximum absolute atomic E-state index is 12.7. The number of benzene rings is 1. The lowest BCUT2D eigenvalue weighted by Gasteiger charge is -2.29. The number of aromatic nitrogens is 2. The van der Waals surface area contributed by atoms with Gasteiger partial charge in [-0.3, -0.25) is 9.48 Å². The summed E-state index contributed by atoms with van der Waals surface area (Å²) >= 11 is 0. The highest BCUT2D eigenvalue weighted by atomic mass is 32.2. The zero-order valence-corrected chi connectivity index (χ0v) is 14.0. The van der Waals surface area contributed by atoms with Crippen LogP contribution in [-0.4, -0.2) is 41.5 Å². The Hall–Kier alpha value is -2.19. The number of carbonyl (C=O) groups is 1. The maximum Gasteiger partial charge on any atom is 0.246 e. The average molecular weight is 348 g/mol. The van der Waals surface area contributed by atoms with Crippen molar-refractivity contribution in [2.75, 3.05) is 13.1 Å². The molecule has 0 spiro atoms. The van der Waals surface area contributed by atoms with Crippen molar-refractivity contribution in [3.63, 3.8) is 0 Å². The van der Waals surface area contributed by atoms with Crippen molar-refractivity contribution in [2.45, 2.75) is 24.3 Å². The Kier molecular flexibility index (Phi) is 4.68. The van der Waals surface area contributed by atoms with Crippen LogP contribution in [0.25, 0.3) is 0 Å². The van der Waals surface area contributed by atoms with E-state index in [1.54, 1.807) is 4.68 Å². The van der Waals surface area contributed by atoms with E-state index in [0.717, 1.165) is 5.56 Å². The lowest BCUT2D eigenvalue weighted by atomic mass is 9.99. The molecule has 2 aromatic rings. The lowest BCUT2D eigenvalue weighted by Crippen LogP contribution is -2.43. The van der Waals surface area contributed by atoms with Crippen molar-refractivity contribution < 1.29 is 13.2 Å². The van der Waals surface area contributed by atoms with Gasteiger partial charge in [0.15, 0.2) is 0 Å². The van der Waals surface area contributed by atoms with Crippen molar-refractivity contribution >= 4 is 15.9 Å². The molecular weight excluding hydrogens is 328 g/mol. The van der Waals surface area contributed by atoms with E-state index in [9.17, 15) is 13.2 Å². The van der Waals surface area contributed by atoms with Crippen molar-refractivity contribution in [3.05, 3.63) is 48.3 Å². The summed E-state index contributed by atoms with van der Waals surface area (Å²) in [5.41, 5.74) is 6.36. The molecule has 3 rings (SSSR count).